The average molecular weight is 659 g/mol. The van der Waals surface area contributed by atoms with Gasteiger partial charge in [-0.15, -0.1) is 11.3 Å². The number of fused-ring (bicyclic) bond motifs is 1. The number of aliphatic hydroxyl groups excluding tert-OH is 1. The molecule has 2 N–H and O–H groups in total. The van der Waals surface area contributed by atoms with E-state index in [1.165, 1.54) is 32.7 Å². The smallest absolute Gasteiger partial charge is 0.415 e. The van der Waals surface area contributed by atoms with Crippen molar-refractivity contribution in [2.75, 3.05) is 31.3 Å². The molecule has 1 unspecified atom stereocenters. The molecule has 12 nitrogen and oxygen atoms in total. The first-order valence-electron chi connectivity index (χ1n) is 14.8. The lowest BCUT2D eigenvalue weighted by Gasteiger charge is -2.31. The highest BCUT2D eigenvalue weighted by Gasteiger charge is 2.40. The lowest BCUT2D eigenvalue weighted by atomic mass is 10.0. The fraction of sp³-hybridized carbons (Fsp3) is 0.452. The minimum atomic E-state index is -4.08. The molecule has 0 spiro atoms. The number of carbonyl (C=O) groups excluding carboxylic acids is 2. The van der Waals surface area contributed by atoms with E-state index in [2.05, 4.69) is 10.3 Å². The Morgan fingerprint density at radius 1 is 1.16 bits per heavy atom. The molecule has 3 aromatic rings. The summed E-state index contributed by atoms with van der Waals surface area (Å²) in [6.45, 7) is 7.38. The van der Waals surface area contributed by atoms with Crippen molar-refractivity contribution in [1.82, 2.24) is 14.6 Å². The molecule has 1 saturated heterocycles. The zero-order valence-electron chi connectivity index (χ0n) is 25.6. The maximum Gasteiger partial charge on any atom is 0.415 e. The van der Waals surface area contributed by atoms with Gasteiger partial charge in [0, 0.05) is 19.2 Å². The monoisotopic (exact) mass is 658 g/mol. The summed E-state index contributed by atoms with van der Waals surface area (Å²) in [6.07, 6.45) is -2.15. The third-order valence-corrected chi connectivity index (χ3v) is 10.8. The topological polar surface area (TPSA) is 148 Å². The number of benzene rings is 2. The lowest BCUT2D eigenvalue weighted by Crippen LogP contribution is -2.53. The maximum atomic E-state index is 13.9. The molecule has 0 bridgehead atoms. The SMILES string of the molecule is CC[C@@H](C)CN(C[C@@H](O)[C@H](Cc1ccccc1)NC(=O)C1CN(c2sc(C)nc2C)C(=O)O1)S(=O)(=O)c1ccc2c(c1)OCO2. The maximum absolute atomic E-state index is 13.9. The Bertz CT molecular complexity index is 1630. The Morgan fingerprint density at radius 3 is 2.58 bits per heavy atom. The van der Waals surface area contributed by atoms with E-state index in [-0.39, 0.29) is 43.7 Å². The Balaban J connectivity index is 1.37. The average Bonchev–Trinajstić information content (AvgIpc) is 3.73. The zero-order valence-corrected chi connectivity index (χ0v) is 27.3. The van der Waals surface area contributed by atoms with E-state index in [4.69, 9.17) is 14.2 Å². The van der Waals surface area contributed by atoms with Crippen LogP contribution in [0, 0.1) is 19.8 Å². The molecular weight excluding hydrogens is 620 g/mol. The Labute approximate surface area is 267 Å². The van der Waals surface area contributed by atoms with E-state index in [0.717, 1.165) is 17.0 Å². The van der Waals surface area contributed by atoms with E-state index >= 15 is 0 Å². The molecule has 2 amide bonds. The van der Waals surface area contributed by atoms with Crippen LogP contribution in [0.3, 0.4) is 0 Å². The van der Waals surface area contributed by atoms with Crippen LogP contribution >= 0.6 is 11.3 Å². The summed E-state index contributed by atoms with van der Waals surface area (Å²) in [5, 5.41) is 15.9. The summed E-state index contributed by atoms with van der Waals surface area (Å²) in [4.78, 5) is 32.0. The molecule has 3 heterocycles. The van der Waals surface area contributed by atoms with E-state index in [1.807, 2.05) is 51.1 Å². The van der Waals surface area contributed by atoms with E-state index in [9.17, 15) is 23.1 Å². The number of aromatic nitrogens is 1. The second-order valence-corrected chi connectivity index (χ2v) is 14.4. The molecule has 14 heteroatoms. The summed E-state index contributed by atoms with van der Waals surface area (Å²) in [7, 11) is -4.08. The fourth-order valence-corrected chi connectivity index (χ4v) is 7.74. The van der Waals surface area contributed by atoms with E-state index < -0.39 is 40.3 Å². The Morgan fingerprint density at radius 2 is 1.89 bits per heavy atom. The number of hydrogen-bond acceptors (Lipinski definition) is 10. The van der Waals surface area contributed by atoms with Gasteiger partial charge in [0.2, 0.25) is 16.8 Å². The molecule has 45 heavy (non-hydrogen) atoms. The highest BCUT2D eigenvalue weighted by Crippen LogP contribution is 2.35. The van der Waals surface area contributed by atoms with Gasteiger partial charge < -0.3 is 24.6 Å². The highest BCUT2D eigenvalue weighted by atomic mass is 32.2. The molecule has 2 aliphatic rings. The van der Waals surface area contributed by atoms with Gasteiger partial charge in [-0.1, -0.05) is 50.6 Å². The van der Waals surface area contributed by atoms with E-state index in [0.29, 0.717) is 22.2 Å². The second-order valence-electron chi connectivity index (χ2n) is 11.3. The number of thiazole rings is 1. The number of nitrogens with zero attached hydrogens (tertiary/aromatic N) is 3. The number of aryl methyl sites for hydroxylation is 2. The molecule has 2 aromatic carbocycles. The lowest BCUT2D eigenvalue weighted by molar-refractivity contribution is -0.129. The van der Waals surface area contributed by atoms with Crippen molar-refractivity contribution < 1.29 is 37.3 Å². The molecule has 1 fully saturated rings. The van der Waals surface area contributed by atoms with Gasteiger partial charge in [0.25, 0.3) is 5.91 Å². The first-order valence-corrected chi connectivity index (χ1v) is 17.1. The van der Waals surface area contributed by atoms with Gasteiger partial charge in [-0.25, -0.2) is 18.2 Å². The second kappa shape index (κ2) is 13.7. The van der Waals surface area contributed by atoms with Crippen molar-refractivity contribution in [1.29, 1.82) is 0 Å². The number of amides is 2. The fourth-order valence-electron chi connectivity index (χ4n) is 5.23. The number of rotatable bonds is 13. The molecule has 242 valence electrons. The van der Waals surface area contributed by atoms with Crippen molar-refractivity contribution in [2.24, 2.45) is 5.92 Å². The molecule has 2 aliphatic heterocycles. The van der Waals surface area contributed by atoms with Crippen LogP contribution in [0.4, 0.5) is 9.80 Å². The van der Waals surface area contributed by atoms with Crippen LogP contribution in [0.2, 0.25) is 0 Å². The van der Waals surface area contributed by atoms with E-state index in [1.54, 1.807) is 13.0 Å². The number of nitrogens with one attached hydrogen (secondary N) is 1. The zero-order chi connectivity index (χ0) is 32.3. The number of carbonyl (C=O) groups is 2. The molecular formula is C31H38N4O8S2. The van der Waals surface area contributed by atoms with Crippen molar-refractivity contribution in [3.63, 3.8) is 0 Å². The quantitative estimate of drug-likeness (QED) is 0.281. The standard InChI is InChI=1S/C31H38N4O8S2/c1-5-19(2)15-34(45(39,40)23-11-12-26-27(14-23)42-18-41-26)16-25(36)24(13-22-9-7-6-8-10-22)33-29(37)28-17-35(31(38)43-28)30-20(3)32-21(4)44-30/h6-12,14,19,24-25,28,36H,5,13,15-18H2,1-4H3,(H,33,37)/t19-,24+,25-,28?/m1/s1. The van der Waals surface area contributed by atoms with Gasteiger partial charge >= 0.3 is 6.09 Å². The van der Waals surface area contributed by atoms with Gasteiger partial charge in [-0.2, -0.15) is 4.31 Å². The predicted octanol–water partition coefficient (Wildman–Crippen LogP) is 3.64. The van der Waals surface area contributed by atoms with Gasteiger partial charge in [0.15, 0.2) is 17.6 Å². The summed E-state index contributed by atoms with van der Waals surface area (Å²) >= 11 is 1.34. The summed E-state index contributed by atoms with van der Waals surface area (Å²) in [5.41, 5.74) is 1.49. The normalized spacial score (nSPS) is 18.1. The van der Waals surface area contributed by atoms with Gasteiger partial charge in [-0.3, -0.25) is 9.69 Å². The van der Waals surface area contributed by atoms with Crippen molar-refractivity contribution >= 4 is 38.4 Å². The van der Waals surface area contributed by atoms with Gasteiger partial charge in [0.05, 0.1) is 34.3 Å². The third kappa shape index (κ3) is 7.40. The molecule has 5 rings (SSSR count). The summed E-state index contributed by atoms with van der Waals surface area (Å²) in [5.74, 6) is 0.195. The number of ether oxygens (including phenoxy) is 3. The third-order valence-electron chi connectivity index (χ3n) is 7.90. The molecule has 0 aliphatic carbocycles. The van der Waals surface area contributed by atoms with Crippen molar-refractivity contribution in [3.05, 3.63) is 64.8 Å². The van der Waals surface area contributed by atoms with Crippen LogP contribution in [0.5, 0.6) is 11.5 Å². The van der Waals surface area contributed by atoms with Crippen LogP contribution in [-0.4, -0.2) is 79.5 Å². The van der Waals surface area contributed by atoms with Gasteiger partial charge in [0.1, 0.15) is 5.00 Å². The largest absolute Gasteiger partial charge is 0.454 e. The van der Waals surface area contributed by atoms with Crippen LogP contribution in [0.1, 0.15) is 36.5 Å². The number of hydrogen-bond donors (Lipinski definition) is 2. The van der Waals surface area contributed by atoms with Crippen molar-refractivity contribution in [2.45, 2.75) is 63.7 Å². The number of sulfonamides is 1. The van der Waals surface area contributed by atoms with Crippen LogP contribution < -0.4 is 19.7 Å². The number of cyclic esters (lactones) is 1. The summed E-state index contributed by atoms with van der Waals surface area (Å²) in [6, 6.07) is 12.8. The Hall–Kier alpha value is -3.72. The predicted molar refractivity (Wildman–Crippen MR) is 168 cm³/mol. The molecule has 4 atom stereocenters. The molecule has 1 aromatic heterocycles. The highest BCUT2D eigenvalue weighted by molar-refractivity contribution is 7.89. The van der Waals surface area contributed by atoms with Crippen LogP contribution in [0.25, 0.3) is 0 Å². The van der Waals surface area contributed by atoms with Crippen molar-refractivity contribution in [3.8, 4) is 11.5 Å². The Kier molecular flexibility index (Phi) is 9.97. The molecule has 0 radical (unpaired) electrons. The number of aliphatic hydroxyl groups is 1. The first kappa shape index (κ1) is 32.7. The minimum Gasteiger partial charge on any atom is -0.454 e. The molecule has 0 saturated carbocycles. The number of anilines is 1. The minimum absolute atomic E-state index is 0.00647. The summed E-state index contributed by atoms with van der Waals surface area (Å²) < 4.78 is 45.3. The van der Waals surface area contributed by atoms with Gasteiger partial charge in [-0.05, 0) is 43.9 Å². The van der Waals surface area contributed by atoms with Crippen LogP contribution in [-0.2, 0) is 26.0 Å². The van der Waals surface area contributed by atoms with Crippen LogP contribution in [0.15, 0.2) is 53.4 Å². The first-order chi connectivity index (χ1) is 21.5.